The Morgan fingerprint density at radius 1 is 1.54 bits per heavy atom. The highest BCUT2D eigenvalue weighted by molar-refractivity contribution is 6.30. The van der Waals surface area contributed by atoms with Gasteiger partial charge in [0.1, 0.15) is 17.2 Å². The Morgan fingerprint density at radius 2 is 2.31 bits per heavy atom. The predicted octanol–water partition coefficient (Wildman–Crippen LogP) is 1.09. The molecule has 0 fully saturated rings. The zero-order valence-corrected chi connectivity index (χ0v) is 7.32. The summed E-state index contributed by atoms with van der Waals surface area (Å²) in [6.45, 7) is 0. The first-order valence-electron chi connectivity index (χ1n) is 3.61. The van der Waals surface area contributed by atoms with E-state index in [2.05, 4.69) is 4.98 Å². The summed E-state index contributed by atoms with van der Waals surface area (Å²) in [5.74, 6) is -0.542. The van der Waals surface area contributed by atoms with Crippen LogP contribution in [0.5, 0.6) is 0 Å². The lowest BCUT2D eigenvalue weighted by Crippen LogP contribution is -2.13. The van der Waals surface area contributed by atoms with E-state index in [0.29, 0.717) is 5.15 Å². The lowest BCUT2D eigenvalue weighted by atomic mass is 10.3. The standard InChI is InChI=1S/C8H6ClN3O/c9-7-2-1-5-3-6(8(10)13)11-4-12(5)7/h1-4H,(H2,10,13). The van der Waals surface area contributed by atoms with Crippen molar-refractivity contribution in [3.63, 3.8) is 0 Å². The molecule has 2 rings (SSSR count). The number of aromatic nitrogens is 2. The molecule has 2 aromatic heterocycles. The minimum Gasteiger partial charge on any atom is -0.364 e. The van der Waals surface area contributed by atoms with E-state index in [4.69, 9.17) is 17.3 Å². The van der Waals surface area contributed by atoms with Crippen LogP contribution in [0.4, 0.5) is 0 Å². The molecule has 0 aromatic carbocycles. The summed E-state index contributed by atoms with van der Waals surface area (Å²) in [4.78, 5) is 14.6. The number of carbonyl (C=O) groups is 1. The Kier molecular flexibility index (Phi) is 1.70. The van der Waals surface area contributed by atoms with Crippen molar-refractivity contribution in [3.8, 4) is 0 Å². The molecule has 0 aliphatic rings. The Labute approximate surface area is 78.9 Å². The molecule has 0 atom stereocenters. The molecule has 0 aliphatic carbocycles. The molecule has 0 saturated carbocycles. The number of halogens is 1. The summed E-state index contributed by atoms with van der Waals surface area (Å²) in [6.07, 6.45) is 1.47. The van der Waals surface area contributed by atoms with Gasteiger partial charge in [0.2, 0.25) is 0 Å². The zero-order chi connectivity index (χ0) is 9.42. The minimum atomic E-state index is -0.542. The van der Waals surface area contributed by atoms with Crippen LogP contribution in [0.2, 0.25) is 5.15 Å². The fourth-order valence-electron chi connectivity index (χ4n) is 1.11. The molecule has 2 heterocycles. The van der Waals surface area contributed by atoms with Crippen molar-refractivity contribution >= 4 is 23.0 Å². The predicted molar refractivity (Wildman–Crippen MR) is 48.7 cm³/mol. The molecule has 0 radical (unpaired) electrons. The molecule has 2 N–H and O–H groups in total. The Hall–Kier alpha value is -1.55. The number of hydrogen-bond acceptors (Lipinski definition) is 2. The zero-order valence-electron chi connectivity index (χ0n) is 6.57. The molecule has 13 heavy (non-hydrogen) atoms. The topological polar surface area (TPSA) is 60.4 Å². The highest BCUT2D eigenvalue weighted by atomic mass is 35.5. The van der Waals surface area contributed by atoms with Gasteiger partial charge in [-0.25, -0.2) is 4.98 Å². The first-order chi connectivity index (χ1) is 6.18. The molecular formula is C8H6ClN3O. The fraction of sp³-hybridized carbons (Fsp3) is 0. The second kappa shape index (κ2) is 2.74. The van der Waals surface area contributed by atoms with Crippen LogP contribution >= 0.6 is 11.6 Å². The van der Waals surface area contributed by atoms with Crippen molar-refractivity contribution < 1.29 is 4.79 Å². The van der Waals surface area contributed by atoms with Crippen LogP contribution in [0.3, 0.4) is 0 Å². The van der Waals surface area contributed by atoms with Gasteiger partial charge in [0, 0.05) is 0 Å². The summed E-state index contributed by atoms with van der Waals surface area (Å²) >= 11 is 5.81. The van der Waals surface area contributed by atoms with Gasteiger partial charge in [0.05, 0.1) is 5.52 Å². The van der Waals surface area contributed by atoms with E-state index in [1.54, 1.807) is 22.6 Å². The number of carbonyl (C=O) groups excluding carboxylic acids is 1. The number of nitrogens with two attached hydrogens (primary N) is 1. The van der Waals surface area contributed by atoms with E-state index in [1.807, 2.05) is 0 Å². The molecular weight excluding hydrogens is 190 g/mol. The van der Waals surface area contributed by atoms with Gasteiger partial charge >= 0.3 is 0 Å². The van der Waals surface area contributed by atoms with Crippen LogP contribution in [0.15, 0.2) is 24.5 Å². The maximum absolute atomic E-state index is 10.8. The van der Waals surface area contributed by atoms with Crippen LogP contribution in [0, 0.1) is 0 Å². The number of fused-ring (bicyclic) bond motifs is 1. The molecule has 5 heteroatoms. The van der Waals surface area contributed by atoms with Gasteiger partial charge < -0.3 is 5.73 Å². The first-order valence-corrected chi connectivity index (χ1v) is 3.98. The molecule has 4 nitrogen and oxygen atoms in total. The highest BCUT2D eigenvalue weighted by Crippen LogP contribution is 2.14. The highest BCUT2D eigenvalue weighted by Gasteiger charge is 2.04. The van der Waals surface area contributed by atoms with Crippen molar-refractivity contribution in [2.75, 3.05) is 0 Å². The van der Waals surface area contributed by atoms with Crippen LogP contribution in [-0.2, 0) is 0 Å². The monoisotopic (exact) mass is 195 g/mol. The minimum absolute atomic E-state index is 0.238. The molecule has 0 spiro atoms. The number of nitrogens with zero attached hydrogens (tertiary/aromatic N) is 2. The molecule has 0 unspecified atom stereocenters. The van der Waals surface area contributed by atoms with Gasteiger partial charge in [-0.05, 0) is 18.2 Å². The maximum atomic E-state index is 10.8. The van der Waals surface area contributed by atoms with E-state index in [9.17, 15) is 4.79 Å². The number of amides is 1. The van der Waals surface area contributed by atoms with Gasteiger partial charge in [-0.15, -0.1) is 0 Å². The molecule has 0 bridgehead atoms. The van der Waals surface area contributed by atoms with Crippen LogP contribution in [-0.4, -0.2) is 15.3 Å². The van der Waals surface area contributed by atoms with Crippen molar-refractivity contribution in [3.05, 3.63) is 35.4 Å². The Morgan fingerprint density at radius 3 is 3.00 bits per heavy atom. The third-order valence-corrected chi connectivity index (χ3v) is 2.06. The van der Waals surface area contributed by atoms with E-state index in [1.165, 1.54) is 6.33 Å². The summed E-state index contributed by atoms with van der Waals surface area (Å²) in [6, 6.07) is 5.11. The smallest absolute Gasteiger partial charge is 0.267 e. The molecule has 0 aliphatic heterocycles. The quantitative estimate of drug-likeness (QED) is 0.741. The van der Waals surface area contributed by atoms with E-state index in [0.717, 1.165) is 5.52 Å². The SMILES string of the molecule is NC(=O)c1cc2ccc(Cl)n2cn1. The third-order valence-electron chi connectivity index (χ3n) is 1.75. The van der Waals surface area contributed by atoms with Crippen molar-refractivity contribution in [2.24, 2.45) is 5.73 Å². The van der Waals surface area contributed by atoms with Crippen molar-refractivity contribution in [1.82, 2.24) is 9.38 Å². The van der Waals surface area contributed by atoms with Gasteiger partial charge in [0.15, 0.2) is 0 Å². The maximum Gasteiger partial charge on any atom is 0.267 e. The molecule has 0 saturated heterocycles. The van der Waals surface area contributed by atoms with E-state index >= 15 is 0 Å². The Balaban J connectivity index is 2.70. The average molecular weight is 196 g/mol. The summed E-state index contributed by atoms with van der Waals surface area (Å²) in [5.41, 5.74) is 6.11. The lowest BCUT2D eigenvalue weighted by Gasteiger charge is -1.97. The first kappa shape index (κ1) is 8.07. The van der Waals surface area contributed by atoms with Crippen molar-refractivity contribution in [2.45, 2.75) is 0 Å². The van der Waals surface area contributed by atoms with Crippen LogP contribution in [0.25, 0.3) is 5.52 Å². The van der Waals surface area contributed by atoms with Gasteiger partial charge in [0.25, 0.3) is 5.91 Å². The van der Waals surface area contributed by atoms with Gasteiger partial charge in [-0.1, -0.05) is 11.6 Å². The summed E-state index contributed by atoms with van der Waals surface area (Å²) in [5, 5.41) is 0.554. The van der Waals surface area contributed by atoms with Crippen molar-refractivity contribution in [1.29, 1.82) is 0 Å². The molecule has 2 aromatic rings. The van der Waals surface area contributed by atoms with Gasteiger partial charge in [-0.3, -0.25) is 9.20 Å². The van der Waals surface area contributed by atoms with E-state index < -0.39 is 5.91 Å². The number of hydrogen-bond donors (Lipinski definition) is 1. The van der Waals surface area contributed by atoms with Crippen LogP contribution < -0.4 is 5.73 Å². The number of primary amides is 1. The molecule has 66 valence electrons. The molecule has 1 amide bonds. The Bertz CT molecular complexity index is 477. The summed E-state index contributed by atoms with van der Waals surface area (Å²) in [7, 11) is 0. The lowest BCUT2D eigenvalue weighted by molar-refractivity contribution is 0.0995. The van der Waals surface area contributed by atoms with E-state index in [-0.39, 0.29) is 5.69 Å². The van der Waals surface area contributed by atoms with Gasteiger partial charge in [-0.2, -0.15) is 0 Å². The fourth-order valence-corrected chi connectivity index (χ4v) is 1.31. The second-order valence-corrected chi connectivity index (χ2v) is 2.98. The van der Waals surface area contributed by atoms with Crippen LogP contribution in [0.1, 0.15) is 10.5 Å². The third kappa shape index (κ3) is 1.25. The largest absolute Gasteiger partial charge is 0.364 e. The summed E-state index contributed by atoms with van der Waals surface area (Å²) < 4.78 is 1.66. The number of rotatable bonds is 1. The average Bonchev–Trinajstić information content (AvgIpc) is 2.47. The normalized spacial score (nSPS) is 10.5. The second-order valence-electron chi connectivity index (χ2n) is 2.59.